The van der Waals surface area contributed by atoms with Crippen molar-refractivity contribution in [1.29, 1.82) is 0 Å². The molecule has 0 aliphatic carbocycles. The van der Waals surface area contributed by atoms with Gasteiger partial charge in [0.1, 0.15) is 0 Å². The zero-order chi connectivity index (χ0) is 16.8. The van der Waals surface area contributed by atoms with E-state index in [1.165, 1.54) is 11.8 Å². The highest BCUT2D eigenvalue weighted by Crippen LogP contribution is 2.25. The van der Waals surface area contributed by atoms with Gasteiger partial charge in [-0.15, -0.1) is 0 Å². The Labute approximate surface area is 134 Å². The Morgan fingerprint density at radius 2 is 1.39 bits per heavy atom. The van der Waals surface area contributed by atoms with Crippen molar-refractivity contribution in [3.05, 3.63) is 60.7 Å². The first-order valence-electron chi connectivity index (χ1n) is 7.12. The molecule has 2 amide bonds. The van der Waals surface area contributed by atoms with Crippen molar-refractivity contribution in [2.75, 3.05) is 4.90 Å². The second-order valence-corrected chi connectivity index (χ2v) is 5.01. The highest BCUT2D eigenvalue weighted by molar-refractivity contribution is 6.00. The largest absolute Gasteiger partial charge is 0.480 e. The molecule has 3 N–H and O–H groups in total. The number of anilines is 2. The minimum atomic E-state index is -1.39. The van der Waals surface area contributed by atoms with Gasteiger partial charge < -0.3 is 15.5 Å². The fraction of sp³-hybridized carbons (Fsp3) is 0.176. The number of nitrogens with one attached hydrogen (secondary N) is 1. The van der Waals surface area contributed by atoms with E-state index in [4.69, 9.17) is 5.11 Å². The first kappa shape index (κ1) is 16.5. The van der Waals surface area contributed by atoms with Crippen molar-refractivity contribution in [3.63, 3.8) is 0 Å². The predicted molar refractivity (Wildman–Crippen MR) is 86.7 cm³/mol. The van der Waals surface area contributed by atoms with E-state index in [0.29, 0.717) is 11.4 Å². The number of aliphatic hydroxyl groups is 1. The number of rotatable bonds is 5. The molecule has 2 aromatic rings. The Morgan fingerprint density at radius 3 is 1.74 bits per heavy atom. The quantitative estimate of drug-likeness (QED) is 0.790. The molecule has 0 heterocycles. The molecule has 0 saturated heterocycles. The second kappa shape index (κ2) is 7.42. The van der Waals surface area contributed by atoms with Crippen LogP contribution in [0.25, 0.3) is 0 Å². The third-order valence-electron chi connectivity index (χ3n) is 3.26. The number of carboxylic acid groups (broad SMARTS) is 1. The molecule has 0 spiro atoms. The molecule has 6 nitrogen and oxygen atoms in total. The molecule has 0 radical (unpaired) electrons. The Bertz CT molecular complexity index is 619. The summed E-state index contributed by atoms with van der Waals surface area (Å²) >= 11 is 0. The number of urea groups is 1. The highest BCUT2D eigenvalue weighted by Gasteiger charge is 2.28. The number of aliphatic carboxylic acids is 1. The van der Waals surface area contributed by atoms with E-state index < -0.39 is 24.1 Å². The number of carboxylic acids is 1. The van der Waals surface area contributed by atoms with E-state index in [9.17, 15) is 14.7 Å². The average Bonchev–Trinajstić information content (AvgIpc) is 2.54. The van der Waals surface area contributed by atoms with Crippen LogP contribution in [-0.2, 0) is 4.79 Å². The summed E-state index contributed by atoms with van der Waals surface area (Å²) in [7, 11) is 0. The van der Waals surface area contributed by atoms with E-state index in [0.717, 1.165) is 0 Å². The molecule has 0 aromatic heterocycles. The van der Waals surface area contributed by atoms with Gasteiger partial charge in [-0.05, 0) is 31.2 Å². The highest BCUT2D eigenvalue weighted by atomic mass is 16.4. The van der Waals surface area contributed by atoms with Crippen molar-refractivity contribution in [1.82, 2.24) is 5.32 Å². The van der Waals surface area contributed by atoms with E-state index >= 15 is 0 Å². The smallest absolute Gasteiger partial charge is 0.328 e. The van der Waals surface area contributed by atoms with E-state index in [-0.39, 0.29) is 0 Å². The number of carbonyl (C=O) groups is 2. The maximum absolute atomic E-state index is 12.6. The van der Waals surface area contributed by atoms with Crippen molar-refractivity contribution >= 4 is 23.4 Å². The molecular formula is C17H18N2O4. The van der Waals surface area contributed by atoms with E-state index in [2.05, 4.69) is 5.32 Å². The number of amides is 2. The zero-order valence-corrected chi connectivity index (χ0v) is 12.6. The average molecular weight is 314 g/mol. The molecule has 120 valence electrons. The Kier molecular flexibility index (Phi) is 5.32. The van der Waals surface area contributed by atoms with Crippen molar-refractivity contribution in [2.24, 2.45) is 0 Å². The third-order valence-corrected chi connectivity index (χ3v) is 3.26. The summed E-state index contributed by atoms with van der Waals surface area (Å²) in [5, 5.41) is 21.0. The fourth-order valence-corrected chi connectivity index (χ4v) is 2.12. The van der Waals surface area contributed by atoms with Gasteiger partial charge in [-0.1, -0.05) is 36.4 Å². The number of hydrogen-bond acceptors (Lipinski definition) is 3. The van der Waals surface area contributed by atoms with E-state index in [1.54, 1.807) is 48.5 Å². The lowest BCUT2D eigenvalue weighted by Crippen LogP contribution is -2.51. The van der Waals surface area contributed by atoms with Gasteiger partial charge in [0, 0.05) is 0 Å². The fourth-order valence-electron chi connectivity index (χ4n) is 2.12. The Balaban J connectivity index is 2.34. The Hall–Kier alpha value is -2.86. The van der Waals surface area contributed by atoms with Gasteiger partial charge in [0.05, 0.1) is 17.5 Å². The van der Waals surface area contributed by atoms with Crippen LogP contribution in [0.4, 0.5) is 16.2 Å². The van der Waals surface area contributed by atoms with Crippen LogP contribution in [0.1, 0.15) is 6.92 Å². The summed E-state index contributed by atoms with van der Waals surface area (Å²) in [6.07, 6.45) is -1.22. The molecule has 0 bridgehead atoms. The van der Waals surface area contributed by atoms with Gasteiger partial charge in [0.25, 0.3) is 0 Å². The molecule has 2 atom stereocenters. The van der Waals surface area contributed by atoms with Gasteiger partial charge in [-0.3, -0.25) is 4.90 Å². The first-order chi connectivity index (χ1) is 11.0. The van der Waals surface area contributed by atoms with Crippen LogP contribution in [0, 0.1) is 0 Å². The van der Waals surface area contributed by atoms with Gasteiger partial charge in [-0.25, -0.2) is 9.59 Å². The summed E-state index contributed by atoms with van der Waals surface area (Å²) in [6.45, 7) is 1.31. The van der Waals surface area contributed by atoms with Crippen molar-refractivity contribution in [3.8, 4) is 0 Å². The predicted octanol–water partition coefficient (Wildman–Crippen LogP) is 2.37. The molecule has 0 unspecified atom stereocenters. The number of para-hydroxylation sites is 2. The van der Waals surface area contributed by atoms with Crippen LogP contribution in [0.3, 0.4) is 0 Å². The lowest BCUT2D eigenvalue weighted by molar-refractivity contribution is -0.141. The molecule has 0 aliphatic heterocycles. The van der Waals surface area contributed by atoms with Gasteiger partial charge in [0.15, 0.2) is 6.04 Å². The topological polar surface area (TPSA) is 89.9 Å². The lowest BCUT2D eigenvalue weighted by Gasteiger charge is -2.26. The van der Waals surface area contributed by atoms with Gasteiger partial charge in [-0.2, -0.15) is 0 Å². The minimum Gasteiger partial charge on any atom is -0.480 e. The summed E-state index contributed by atoms with van der Waals surface area (Å²) in [6, 6.07) is 15.7. The number of benzene rings is 2. The number of nitrogens with zero attached hydrogens (tertiary/aromatic N) is 1. The van der Waals surface area contributed by atoms with Crippen LogP contribution < -0.4 is 10.2 Å². The van der Waals surface area contributed by atoms with Crippen LogP contribution in [-0.4, -0.2) is 34.4 Å². The van der Waals surface area contributed by atoms with Crippen LogP contribution in [0.15, 0.2) is 60.7 Å². The maximum Gasteiger partial charge on any atom is 0.328 e. The molecule has 0 fully saturated rings. The zero-order valence-electron chi connectivity index (χ0n) is 12.6. The second-order valence-electron chi connectivity index (χ2n) is 5.01. The normalized spacial score (nSPS) is 13.0. The van der Waals surface area contributed by atoms with Gasteiger partial charge >= 0.3 is 12.0 Å². The maximum atomic E-state index is 12.6. The molecule has 23 heavy (non-hydrogen) atoms. The number of carbonyl (C=O) groups excluding carboxylic acids is 1. The summed E-state index contributed by atoms with van der Waals surface area (Å²) in [4.78, 5) is 25.1. The molecular weight excluding hydrogens is 296 g/mol. The molecule has 2 aromatic carbocycles. The standard InChI is InChI=1S/C17H18N2O4/c1-12(20)15(16(21)22)18-17(23)19(13-8-4-2-5-9-13)14-10-6-3-7-11-14/h2-12,15,20H,1H3,(H,18,23)(H,21,22)/t12-,15+/m1/s1. The third kappa shape index (κ3) is 4.08. The SMILES string of the molecule is C[C@@H](O)[C@H](NC(=O)N(c1ccccc1)c1ccccc1)C(=O)O. The van der Waals surface area contributed by atoms with Crippen LogP contribution in [0.5, 0.6) is 0 Å². The van der Waals surface area contributed by atoms with Crippen LogP contribution >= 0.6 is 0 Å². The molecule has 0 aliphatic rings. The molecule has 0 saturated carbocycles. The first-order valence-corrected chi connectivity index (χ1v) is 7.12. The molecule has 6 heteroatoms. The lowest BCUT2D eigenvalue weighted by atomic mass is 10.2. The number of aliphatic hydroxyl groups excluding tert-OH is 1. The summed E-state index contributed by atoms with van der Waals surface area (Å²) in [5.41, 5.74) is 1.18. The van der Waals surface area contributed by atoms with E-state index in [1.807, 2.05) is 12.1 Å². The Morgan fingerprint density at radius 1 is 0.957 bits per heavy atom. The van der Waals surface area contributed by atoms with Gasteiger partial charge in [0.2, 0.25) is 0 Å². The molecule has 2 rings (SSSR count). The number of hydrogen-bond donors (Lipinski definition) is 3. The van der Waals surface area contributed by atoms with Crippen molar-refractivity contribution < 1.29 is 19.8 Å². The monoisotopic (exact) mass is 314 g/mol. The minimum absolute atomic E-state index is 0.589. The van der Waals surface area contributed by atoms with Crippen LogP contribution in [0.2, 0.25) is 0 Å². The summed E-state index contributed by atoms with van der Waals surface area (Å²) in [5.74, 6) is -1.30. The van der Waals surface area contributed by atoms with Crippen molar-refractivity contribution in [2.45, 2.75) is 19.1 Å². The summed E-state index contributed by atoms with van der Waals surface area (Å²) < 4.78 is 0.